The van der Waals surface area contributed by atoms with Gasteiger partial charge in [0.25, 0.3) is 5.91 Å². The monoisotopic (exact) mass is 285 g/mol. The van der Waals surface area contributed by atoms with Crippen molar-refractivity contribution in [3.8, 4) is 5.75 Å². The van der Waals surface area contributed by atoms with Crippen LogP contribution >= 0.6 is 0 Å². The molecule has 1 amide bonds. The summed E-state index contributed by atoms with van der Waals surface area (Å²) in [5, 5.41) is 7.30. The molecule has 1 fully saturated rings. The molecule has 0 bridgehead atoms. The molecule has 2 aliphatic heterocycles. The minimum absolute atomic E-state index is 0.0123. The molecule has 110 valence electrons. The largest absolute Gasteiger partial charge is 0.490 e. The van der Waals surface area contributed by atoms with Gasteiger partial charge in [-0.05, 0) is 50.2 Å². The first-order chi connectivity index (χ1) is 10.3. The molecule has 1 aromatic carbocycles. The van der Waals surface area contributed by atoms with Crippen LogP contribution in [0.1, 0.15) is 23.3 Å². The Morgan fingerprint density at radius 2 is 2.00 bits per heavy atom. The molecule has 4 rings (SSSR count). The number of carbonyl (C=O) groups is 1. The van der Waals surface area contributed by atoms with Gasteiger partial charge in [0.2, 0.25) is 0 Å². The summed E-state index contributed by atoms with van der Waals surface area (Å²) in [7, 11) is 0. The van der Waals surface area contributed by atoms with Gasteiger partial charge in [-0.25, -0.2) is 0 Å². The second-order valence-electron chi connectivity index (χ2n) is 5.72. The van der Waals surface area contributed by atoms with Crippen molar-refractivity contribution in [3.63, 3.8) is 0 Å². The molecule has 1 aromatic heterocycles. The van der Waals surface area contributed by atoms with E-state index in [0.29, 0.717) is 12.6 Å². The van der Waals surface area contributed by atoms with Crippen LogP contribution in [0.3, 0.4) is 0 Å². The summed E-state index contributed by atoms with van der Waals surface area (Å²) in [5.41, 5.74) is 1.85. The predicted molar refractivity (Wildman–Crippen MR) is 80.8 cm³/mol. The molecule has 0 saturated carbocycles. The number of nitrogens with zero attached hydrogens (tertiary/aromatic N) is 1. The van der Waals surface area contributed by atoms with E-state index in [9.17, 15) is 4.79 Å². The summed E-state index contributed by atoms with van der Waals surface area (Å²) in [5.74, 6) is 0.913. The number of piperidine rings is 1. The fraction of sp³-hybridized carbons (Fsp3) is 0.438. The highest BCUT2D eigenvalue weighted by Crippen LogP contribution is 2.27. The van der Waals surface area contributed by atoms with Crippen molar-refractivity contribution < 1.29 is 9.53 Å². The lowest BCUT2D eigenvalue weighted by atomic mass is 10.1. The van der Waals surface area contributed by atoms with Crippen LogP contribution in [0, 0.1) is 0 Å². The molecule has 2 aromatic rings. The van der Waals surface area contributed by atoms with Gasteiger partial charge in [-0.15, -0.1) is 0 Å². The lowest BCUT2D eigenvalue weighted by Gasteiger charge is -2.23. The molecule has 5 heteroatoms. The van der Waals surface area contributed by atoms with Crippen molar-refractivity contribution in [2.24, 2.45) is 0 Å². The molecule has 0 aliphatic carbocycles. The van der Waals surface area contributed by atoms with E-state index >= 15 is 0 Å². The third-order valence-electron chi connectivity index (χ3n) is 4.32. The Hall–Kier alpha value is -2.01. The standard InChI is InChI=1S/C16H19N3O2/c20-16-15-10-11-9-13(21-12-3-5-17-6-4-12)1-2-14(11)19(15)8-7-18-16/h1-2,9-10,12,17H,3-8H2,(H,18,20). The van der Waals surface area contributed by atoms with Crippen LogP contribution in [0.2, 0.25) is 0 Å². The molecule has 21 heavy (non-hydrogen) atoms. The summed E-state index contributed by atoms with van der Waals surface area (Å²) >= 11 is 0. The van der Waals surface area contributed by atoms with Crippen LogP contribution in [0.25, 0.3) is 10.9 Å². The molecule has 0 atom stereocenters. The SMILES string of the molecule is O=C1NCCn2c1cc1cc(OC3CCNCC3)ccc12. The van der Waals surface area contributed by atoms with Gasteiger partial charge >= 0.3 is 0 Å². The minimum atomic E-state index is 0.0123. The molecule has 0 spiro atoms. The Morgan fingerprint density at radius 3 is 2.86 bits per heavy atom. The number of rotatable bonds is 2. The lowest BCUT2D eigenvalue weighted by molar-refractivity contribution is 0.0929. The average Bonchev–Trinajstić information content (AvgIpc) is 2.88. The maximum Gasteiger partial charge on any atom is 0.268 e. The highest BCUT2D eigenvalue weighted by atomic mass is 16.5. The highest BCUT2D eigenvalue weighted by molar-refractivity contribution is 5.99. The third kappa shape index (κ3) is 2.27. The number of benzene rings is 1. The molecular weight excluding hydrogens is 266 g/mol. The normalized spacial score (nSPS) is 19.3. The van der Waals surface area contributed by atoms with Gasteiger partial charge < -0.3 is 19.9 Å². The predicted octanol–water partition coefficient (Wildman–Crippen LogP) is 1.52. The van der Waals surface area contributed by atoms with Crippen LogP contribution in [0.5, 0.6) is 5.75 Å². The molecular formula is C16H19N3O2. The van der Waals surface area contributed by atoms with E-state index in [1.807, 2.05) is 12.1 Å². The Morgan fingerprint density at radius 1 is 1.14 bits per heavy atom. The first-order valence-electron chi connectivity index (χ1n) is 7.60. The smallest absolute Gasteiger partial charge is 0.268 e. The fourth-order valence-corrected chi connectivity index (χ4v) is 3.23. The number of ether oxygens (including phenoxy) is 1. The van der Waals surface area contributed by atoms with E-state index in [1.165, 1.54) is 0 Å². The molecule has 0 radical (unpaired) electrons. The van der Waals surface area contributed by atoms with Crippen LogP contribution in [-0.2, 0) is 6.54 Å². The Bertz CT molecular complexity index is 686. The van der Waals surface area contributed by atoms with Crippen LogP contribution < -0.4 is 15.4 Å². The van der Waals surface area contributed by atoms with Crippen LogP contribution in [0.15, 0.2) is 24.3 Å². The molecule has 2 aliphatic rings. The van der Waals surface area contributed by atoms with E-state index in [2.05, 4.69) is 27.3 Å². The Labute approximate surface area is 123 Å². The third-order valence-corrected chi connectivity index (χ3v) is 4.32. The van der Waals surface area contributed by atoms with Crippen molar-refractivity contribution in [1.82, 2.24) is 15.2 Å². The summed E-state index contributed by atoms with van der Waals surface area (Å²) < 4.78 is 8.16. The zero-order valence-corrected chi connectivity index (χ0v) is 11.9. The lowest BCUT2D eigenvalue weighted by Crippen LogP contribution is -2.34. The van der Waals surface area contributed by atoms with Crippen molar-refractivity contribution in [1.29, 1.82) is 0 Å². The second kappa shape index (κ2) is 5.07. The summed E-state index contributed by atoms with van der Waals surface area (Å²) in [6.07, 6.45) is 2.39. The quantitative estimate of drug-likeness (QED) is 0.879. The van der Waals surface area contributed by atoms with Gasteiger partial charge in [0.15, 0.2) is 0 Å². The summed E-state index contributed by atoms with van der Waals surface area (Å²) in [6.45, 7) is 3.57. The van der Waals surface area contributed by atoms with E-state index < -0.39 is 0 Å². The first-order valence-corrected chi connectivity index (χ1v) is 7.60. The van der Waals surface area contributed by atoms with Crippen molar-refractivity contribution in [2.75, 3.05) is 19.6 Å². The van der Waals surface area contributed by atoms with Gasteiger partial charge in [-0.1, -0.05) is 0 Å². The number of hydrogen-bond donors (Lipinski definition) is 2. The van der Waals surface area contributed by atoms with Gasteiger partial charge in [0.05, 0.1) is 0 Å². The minimum Gasteiger partial charge on any atom is -0.490 e. The maximum atomic E-state index is 11.9. The first kappa shape index (κ1) is 12.7. The van der Waals surface area contributed by atoms with Gasteiger partial charge in [-0.3, -0.25) is 4.79 Å². The molecule has 2 N–H and O–H groups in total. The van der Waals surface area contributed by atoms with Crippen LogP contribution in [0.4, 0.5) is 0 Å². The van der Waals surface area contributed by atoms with Crippen molar-refractivity contribution in [3.05, 3.63) is 30.0 Å². The molecule has 0 unspecified atom stereocenters. The molecule has 5 nitrogen and oxygen atoms in total. The van der Waals surface area contributed by atoms with E-state index in [1.54, 1.807) is 0 Å². The van der Waals surface area contributed by atoms with E-state index in [4.69, 9.17) is 4.74 Å². The number of hydrogen-bond acceptors (Lipinski definition) is 3. The fourth-order valence-electron chi connectivity index (χ4n) is 3.23. The molecule has 1 saturated heterocycles. The summed E-state index contributed by atoms with van der Waals surface area (Å²) in [6, 6.07) is 8.09. The number of aromatic nitrogens is 1. The zero-order valence-electron chi connectivity index (χ0n) is 11.9. The number of carbonyl (C=O) groups excluding carboxylic acids is 1. The number of nitrogens with one attached hydrogen (secondary N) is 2. The van der Waals surface area contributed by atoms with E-state index in [0.717, 1.165) is 54.8 Å². The molecule has 3 heterocycles. The van der Waals surface area contributed by atoms with Crippen molar-refractivity contribution in [2.45, 2.75) is 25.5 Å². The van der Waals surface area contributed by atoms with Gasteiger partial charge in [-0.2, -0.15) is 0 Å². The highest BCUT2D eigenvalue weighted by Gasteiger charge is 2.20. The topological polar surface area (TPSA) is 55.3 Å². The Balaban J connectivity index is 1.65. The second-order valence-corrected chi connectivity index (χ2v) is 5.72. The van der Waals surface area contributed by atoms with Crippen LogP contribution in [-0.4, -0.2) is 36.2 Å². The van der Waals surface area contributed by atoms with E-state index in [-0.39, 0.29) is 5.91 Å². The number of fused-ring (bicyclic) bond motifs is 3. The van der Waals surface area contributed by atoms with Gasteiger partial charge in [0.1, 0.15) is 17.5 Å². The van der Waals surface area contributed by atoms with Crippen molar-refractivity contribution >= 4 is 16.8 Å². The summed E-state index contributed by atoms with van der Waals surface area (Å²) in [4.78, 5) is 11.9. The number of amides is 1. The maximum absolute atomic E-state index is 11.9. The average molecular weight is 285 g/mol. The Kier molecular flexibility index (Phi) is 3.07. The zero-order chi connectivity index (χ0) is 14.2. The van der Waals surface area contributed by atoms with Gasteiger partial charge in [0, 0.05) is 24.0 Å².